The highest BCUT2D eigenvalue weighted by atomic mass is 28.4. The van der Waals surface area contributed by atoms with Crippen molar-refractivity contribution in [2.75, 3.05) is 13.1 Å². The van der Waals surface area contributed by atoms with Gasteiger partial charge in [-0.3, -0.25) is 0 Å². The van der Waals surface area contributed by atoms with E-state index >= 15 is 0 Å². The van der Waals surface area contributed by atoms with Gasteiger partial charge in [-0.1, -0.05) is 63.4 Å². The van der Waals surface area contributed by atoms with E-state index in [0.717, 1.165) is 5.56 Å². The van der Waals surface area contributed by atoms with Crippen molar-refractivity contribution in [3.8, 4) is 0 Å². The van der Waals surface area contributed by atoms with Crippen LogP contribution in [0, 0.1) is 0 Å². The summed E-state index contributed by atoms with van der Waals surface area (Å²) in [7, 11) is -1.96. The van der Waals surface area contributed by atoms with E-state index in [1.54, 1.807) is 6.08 Å². The number of fused-ring (bicyclic) bond motifs is 1. The molecule has 0 N–H and O–H groups in total. The van der Waals surface area contributed by atoms with Gasteiger partial charge in [0.2, 0.25) is 0 Å². The molecule has 2 aliphatic rings. The zero-order valence-electron chi connectivity index (χ0n) is 17.1. The zero-order chi connectivity index (χ0) is 20.0. The number of quaternary nitrogens is 1. The minimum absolute atomic E-state index is 0.0330. The predicted octanol–water partition coefficient (Wildman–Crippen LogP) is 3.46. The number of hydrogen-bond acceptors (Lipinski definition) is 3. The number of benzene rings is 1. The average Bonchev–Trinajstić information content (AvgIpc) is 3.01. The number of hydrogen-bond donors (Lipinski definition) is 0. The summed E-state index contributed by atoms with van der Waals surface area (Å²) in [5.74, 6) is -0.105. The first-order chi connectivity index (χ1) is 12.5. The molecule has 0 spiro atoms. The molecule has 27 heavy (non-hydrogen) atoms. The lowest BCUT2D eigenvalue weighted by molar-refractivity contribution is -0.854. The highest BCUT2D eigenvalue weighted by Gasteiger charge is 2.58. The van der Waals surface area contributed by atoms with E-state index in [9.17, 15) is 9.90 Å². The maximum Gasteiger partial charge on any atom is 0.346 e. The van der Waals surface area contributed by atoms with Crippen LogP contribution in [0.4, 0.5) is 0 Å². The first-order valence-electron chi connectivity index (χ1n) is 9.70. The molecule has 3 rings (SSSR count). The van der Waals surface area contributed by atoms with Crippen LogP contribution in [0.1, 0.15) is 32.8 Å². The van der Waals surface area contributed by atoms with Gasteiger partial charge < -0.3 is 9.53 Å². The van der Waals surface area contributed by atoms with Crippen LogP contribution in [0.5, 0.6) is 0 Å². The van der Waals surface area contributed by atoms with Crippen LogP contribution in [0.15, 0.2) is 48.7 Å². The lowest BCUT2D eigenvalue weighted by atomic mass is 10.0. The van der Waals surface area contributed by atoms with Crippen LogP contribution in [0.25, 0.3) is 5.57 Å². The second-order valence-corrected chi connectivity index (χ2v) is 14.1. The monoisotopic (exact) mass is 385 g/mol. The lowest BCUT2D eigenvalue weighted by Crippen LogP contribution is -2.54. The molecule has 1 saturated heterocycles. The summed E-state index contributed by atoms with van der Waals surface area (Å²) in [5, 5.41) is 13.3. The number of carbonyl (C=O) groups excluding carboxylic acids is 1. The zero-order valence-corrected chi connectivity index (χ0v) is 18.1. The Balaban J connectivity index is 1.95. The van der Waals surface area contributed by atoms with Gasteiger partial charge in [0, 0.05) is 6.42 Å². The number of rotatable bonds is 5. The van der Waals surface area contributed by atoms with Gasteiger partial charge in [0.05, 0.1) is 5.57 Å². The second-order valence-electron chi connectivity index (χ2n) is 9.35. The van der Waals surface area contributed by atoms with E-state index in [-0.39, 0.29) is 33.3 Å². The minimum Gasteiger partial charge on any atom is -0.871 e. The van der Waals surface area contributed by atoms with Crippen molar-refractivity contribution in [3.63, 3.8) is 0 Å². The second kappa shape index (κ2) is 6.73. The van der Waals surface area contributed by atoms with E-state index < -0.39 is 8.32 Å². The van der Waals surface area contributed by atoms with Crippen LogP contribution >= 0.6 is 0 Å². The standard InChI is InChI=1S/C22H31NO3Si/c1-7-13-23-15-17(26-27(5,6)22(2,3)4)14-18(23)20(24)19(21(23)25)16-11-9-8-10-12-16/h7-12,17-18H,1,13-15H2,2-6H3. The maximum atomic E-state index is 13.4. The van der Waals surface area contributed by atoms with Gasteiger partial charge in [-0.25, -0.2) is 9.28 Å². The van der Waals surface area contributed by atoms with Crippen molar-refractivity contribution >= 4 is 19.8 Å². The minimum atomic E-state index is -1.96. The number of nitrogens with zero attached hydrogens (tertiary/aromatic N) is 1. The van der Waals surface area contributed by atoms with Gasteiger partial charge in [-0.15, -0.1) is 0 Å². The largest absolute Gasteiger partial charge is 0.871 e. The molecule has 4 nitrogen and oxygen atoms in total. The Morgan fingerprint density at radius 3 is 2.48 bits per heavy atom. The third-order valence-electron chi connectivity index (χ3n) is 6.56. The molecular weight excluding hydrogens is 354 g/mol. The molecule has 1 aromatic carbocycles. The number of carbonyl (C=O) groups is 1. The van der Waals surface area contributed by atoms with Crippen molar-refractivity contribution in [1.29, 1.82) is 0 Å². The maximum absolute atomic E-state index is 13.4. The van der Waals surface area contributed by atoms with Crippen LogP contribution in [0.3, 0.4) is 0 Å². The van der Waals surface area contributed by atoms with Crippen LogP contribution < -0.4 is 5.11 Å². The summed E-state index contributed by atoms with van der Waals surface area (Å²) in [5.41, 5.74) is 1.08. The summed E-state index contributed by atoms with van der Waals surface area (Å²) < 4.78 is 6.73. The predicted molar refractivity (Wildman–Crippen MR) is 109 cm³/mol. The molecule has 2 aliphatic heterocycles. The summed E-state index contributed by atoms with van der Waals surface area (Å²) in [6.45, 7) is 16.0. The van der Waals surface area contributed by atoms with Gasteiger partial charge in [0.15, 0.2) is 8.32 Å². The Hall–Kier alpha value is -1.69. The van der Waals surface area contributed by atoms with Gasteiger partial charge in [-0.05, 0) is 29.8 Å². The fourth-order valence-electron chi connectivity index (χ4n) is 4.13. The average molecular weight is 386 g/mol. The Labute approximate surface area is 163 Å². The van der Waals surface area contributed by atoms with E-state index in [1.165, 1.54) is 0 Å². The molecule has 3 atom stereocenters. The van der Waals surface area contributed by atoms with Crippen molar-refractivity contribution < 1.29 is 18.8 Å². The van der Waals surface area contributed by atoms with E-state index in [1.807, 2.05) is 30.3 Å². The quantitative estimate of drug-likeness (QED) is 0.443. The molecule has 1 fully saturated rings. The van der Waals surface area contributed by atoms with E-state index in [0.29, 0.717) is 25.1 Å². The molecule has 1 aromatic rings. The molecule has 0 bridgehead atoms. The van der Waals surface area contributed by atoms with Crippen molar-refractivity contribution in [2.45, 2.75) is 57.5 Å². The molecule has 146 valence electrons. The molecule has 0 saturated carbocycles. The summed E-state index contributed by atoms with van der Waals surface area (Å²) >= 11 is 0. The van der Waals surface area contributed by atoms with E-state index in [2.05, 4.69) is 40.4 Å². The lowest BCUT2D eigenvalue weighted by Gasteiger charge is -2.38. The molecular formula is C22H31NO3Si. The third-order valence-corrected chi connectivity index (χ3v) is 11.1. The molecule has 0 aromatic heterocycles. The summed E-state index contributed by atoms with van der Waals surface area (Å²) in [6, 6.07) is 8.98. The highest BCUT2D eigenvalue weighted by molar-refractivity contribution is 6.74. The molecule has 0 radical (unpaired) electrons. The molecule has 1 amide bonds. The number of amides is 1. The van der Waals surface area contributed by atoms with Gasteiger partial charge in [-0.2, -0.15) is 0 Å². The Morgan fingerprint density at radius 1 is 1.30 bits per heavy atom. The van der Waals surface area contributed by atoms with Crippen molar-refractivity contribution in [1.82, 2.24) is 0 Å². The smallest absolute Gasteiger partial charge is 0.346 e. The molecule has 3 unspecified atom stereocenters. The van der Waals surface area contributed by atoms with Gasteiger partial charge in [0.1, 0.15) is 25.2 Å². The third kappa shape index (κ3) is 3.22. The first kappa shape index (κ1) is 20.1. The first-order valence-corrected chi connectivity index (χ1v) is 12.6. The van der Waals surface area contributed by atoms with Gasteiger partial charge >= 0.3 is 5.91 Å². The van der Waals surface area contributed by atoms with Gasteiger partial charge in [0.25, 0.3) is 0 Å². The van der Waals surface area contributed by atoms with Crippen LogP contribution in [0.2, 0.25) is 18.1 Å². The molecule has 5 heteroatoms. The fraction of sp³-hybridized carbons (Fsp3) is 0.500. The SMILES string of the molecule is C=CC[N+]12CC(O[Si](C)(C)C(C)(C)C)CC1C([O-])=C(c1ccccc1)C2=O. The topological polar surface area (TPSA) is 49.4 Å². The Bertz CT molecular complexity index is 778. The van der Waals surface area contributed by atoms with Crippen LogP contribution in [-0.2, 0) is 9.22 Å². The summed E-state index contributed by atoms with van der Waals surface area (Å²) in [6.07, 6.45) is 2.32. The Kier molecular flexibility index (Phi) is 5.00. The molecule has 2 heterocycles. The molecule has 0 aliphatic carbocycles. The van der Waals surface area contributed by atoms with Crippen molar-refractivity contribution in [3.05, 3.63) is 54.3 Å². The fourth-order valence-corrected chi connectivity index (χ4v) is 5.49. The van der Waals surface area contributed by atoms with Crippen molar-refractivity contribution in [2.24, 2.45) is 0 Å². The Morgan fingerprint density at radius 2 is 1.93 bits per heavy atom. The normalized spacial score (nSPS) is 28.6. The van der Waals surface area contributed by atoms with E-state index in [4.69, 9.17) is 4.43 Å². The highest BCUT2D eigenvalue weighted by Crippen LogP contribution is 2.45. The summed E-state index contributed by atoms with van der Waals surface area (Å²) in [4.78, 5) is 13.4. The van der Waals surface area contributed by atoms with Crippen LogP contribution in [-0.4, -0.2) is 43.9 Å².